The zero-order valence-electron chi connectivity index (χ0n) is 20.7. The van der Waals surface area contributed by atoms with E-state index in [0.717, 1.165) is 16.7 Å². The standard InChI is InChI=1S/C31H29NO4/c1-20-12-14-21(15-13-20)30(27-17-16-22(34-2)18-29(27)35-3)32-31(33)36-19-28-25-10-6-4-8-23(25)24-9-5-7-11-26(24)28/h4-18,28,30H,19H2,1-3H3,(H,32,33). The number of alkyl carbamates (subject to hydrolysis) is 1. The van der Waals surface area contributed by atoms with Crippen LogP contribution < -0.4 is 14.8 Å². The van der Waals surface area contributed by atoms with E-state index in [-0.39, 0.29) is 12.5 Å². The average molecular weight is 480 g/mol. The summed E-state index contributed by atoms with van der Waals surface area (Å²) in [6, 6.07) is 29.8. The predicted molar refractivity (Wildman–Crippen MR) is 141 cm³/mol. The monoisotopic (exact) mass is 479 g/mol. The first-order valence-electron chi connectivity index (χ1n) is 12.0. The van der Waals surface area contributed by atoms with Crippen LogP contribution >= 0.6 is 0 Å². The summed E-state index contributed by atoms with van der Waals surface area (Å²) in [6.45, 7) is 2.28. The Morgan fingerprint density at radius 2 is 1.47 bits per heavy atom. The Bertz CT molecular complexity index is 1330. The van der Waals surface area contributed by atoms with Crippen molar-refractivity contribution in [1.82, 2.24) is 5.32 Å². The molecule has 4 aromatic carbocycles. The zero-order valence-corrected chi connectivity index (χ0v) is 20.7. The molecule has 0 bridgehead atoms. The molecule has 5 heteroatoms. The summed E-state index contributed by atoms with van der Waals surface area (Å²) in [5.41, 5.74) is 7.63. The molecule has 5 nitrogen and oxygen atoms in total. The molecule has 0 spiro atoms. The average Bonchev–Trinajstić information content (AvgIpc) is 3.24. The van der Waals surface area contributed by atoms with Crippen LogP contribution in [0.1, 0.15) is 39.8 Å². The smallest absolute Gasteiger partial charge is 0.407 e. The largest absolute Gasteiger partial charge is 0.497 e. The van der Waals surface area contributed by atoms with E-state index in [9.17, 15) is 4.79 Å². The van der Waals surface area contributed by atoms with Gasteiger partial charge in [-0.25, -0.2) is 4.79 Å². The maximum Gasteiger partial charge on any atom is 0.407 e. The SMILES string of the molecule is COc1ccc(C(NC(=O)OCC2c3ccccc3-c3ccccc32)c2ccc(C)cc2)c(OC)c1. The van der Waals surface area contributed by atoms with Gasteiger partial charge in [0, 0.05) is 17.5 Å². The Hall–Kier alpha value is -4.25. The van der Waals surface area contributed by atoms with Gasteiger partial charge in [-0.1, -0.05) is 78.4 Å². The van der Waals surface area contributed by atoms with E-state index in [0.29, 0.717) is 11.5 Å². The minimum atomic E-state index is -0.486. The summed E-state index contributed by atoms with van der Waals surface area (Å²) in [5.74, 6) is 1.30. The molecule has 0 saturated carbocycles. The molecule has 1 N–H and O–H groups in total. The molecular weight excluding hydrogens is 450 g/mol. The molecule has 0 fully saturated rings. The van der Waals surface area contributed by atoms with Crippen molar-refractivity contribution >= 4 is 6.09 Å². The van der Waals surface area contributed by atoms with E-state index in [4.69, 9.17) is 14.2 Å². The molecule has 5 rings (SSSR count). The Kier molecular flexibility index (Phi) is 6.63. The third kappa shape index (κ3) is 4.52. The van der Waals surface area contributed by atoms with Crippen LogP contribution in [0.15, 0.2) is 91.0 Å². The number of rotatable bonds is 7. The topological polar surface area (TPSA) is 56.8 Å². The van der Waals surface area contributed by atoms with Crippen LogP contribution in [0.5, 0.6) is 11.5 Å². The van der Waals surface area contributed by atoms with Crippen LogP contribution in [0, 0.1) is 6.92 Å². The molecular formula is C31H29NO4. The number of carbonyl (C=O) groups excluding carboxylic acids is 1. The Morgan fingerprint density at radius 1 is 0.833 bits per heavy atom. The number of carbonyl (C=O) groups is 1. The van der Waals surface area contributed by atoms with Gasteiger partial charge in [0.05, 0.1) is 20.3 Å². The molecule has 0 saturated heterocycles. The molecule has 1 aliphatic rings. The van der Waals surface area contributed by atoms with Gasteiger partial charge >= 0.3 is 6.09 Å². The number of nitrogens with one attached hydrogen (secondary N) is 1. The molecule has 182 valence electrons. The van der Waals surface area contributed by atoms with Gasteiger partial charge in [-0.15, -0.1) is 0 Å². The van der Waals surface area contributed by atoms with Gasteiger partial charge in [-0.3, -0.25) is 0 Å². The number of hydrogen-bond acceptors (Lipinski definition) is 4. The van der Waals surface area contributed by atoms with Crippen LogP contribution in [0.3, 0.4) is 0 Å². The molecule has 4 aromatic rings. The molecule has 0 aliphatic heterocycles. The number of amides is 1. The van der Waals surface area contributed by atoms with E-state index >= 15 is 0 Å². The van der Waals surface area contributed by atoms with E-state index in [1.54, 1.807) is 14.2 Å². The summed E-state index contributed by atoms with van der Waals surface area (Å²) < 4.78 is 16.8. The van der Waals surface area contributed by atoms with Crippen molar-refractivity contribution in [3.05, 3.63) is 119 Å². The lowest BCUT2D eigenvalue weighted by Gasteiger charge is -2.23. The van der Waals surface area contributed by atoms with Crippen molar-refractivity contribution in [2.75, 3.05) is 20.8 Å². The first kappa shape index (κ1) is 23.5. The fourth-order valence-corrected chi connectivity index (χ4v) is 4.91. The highest BCUT2D eigenvalue weighted by molar-refractivity contribution is 5.79. The minimum absolute atomic E-state index is 0.00324. The van der Waals surface area contributed by atoms with Crippen LogP contribution in [0.25, 0.3) is 11.1 Å². The fourth-order valence-electron chi connectivity index (χ4n) is 4.91. The van der Waals surface area contributed by atoms with Gasteiger partial charge in [-0.2, -0.15) is 0 Å². The summed E-state index contributed by atoms with van der Waals surface area (Å²) in [5, 5.41) is 3.07. The predicted octanol–water partition coefficient (Wildman–Crippen LogP) is 6.64. The molecule has 1 atom stereocenters. The van der Waals surface area contributed by atoms with Gasteiger partial charge in [0.15, 0.2) is 0 Å². The van der Waals surface area contributed by atoms with Crippen LogP contribution in [0.4, 0.5) is 4.79 Å². The lowest BCUT2D eigenvalue weighted by molar-refractivity contribution is 0.140. The number of fused-ring (bicyclic) bond motifs is 3. The second kappa shape index (κ2) is 10.2. The van der Waals surface area contributed by atoms with Crippen molar-refractivity contribution in [2.24, 2.45) is 0 Å². The summed E-state index contributed by atoms with van der Waals surface area (Å²) in [4.78, 5) is 13.2. The number of ether oxygens (including phenoxy) is 3. The maximum absolute atomic E-state index is 13.2. The summed E-state index contributed by atoms with van der Waals surface area (Å²) >= 11 is 0. The van der Waals surface area contributed by atoms with E-state index < -0.39 is 12.1 Å². The van der Waals surface area contributed by atoms with Crippen molar-refractivity contribution in [1.29, 1.82) is 0 Å². The van der Waals surface area contributed by atoms with Crippen LogP contribution in [-0.4, -0.2) is 26.9 Å². The Morgan fingerprint density at radius 3 is 2.08 bits per heavy atom. The van der Waals surface area contributed by atoms with Gasteiger partial charge < -0.3 is 19.5 Å². The molecule has 1 unspecified atom stereocenters. The maximum atomic E-state index is 13.2. The van der Waals surface area contributed by atoms with Crippen LogP contribution in [0.2, 0.25) is 0 Å². The molecule has 1 amide bonds. The first-order chi connectivity index (χ1) is 17.6. The number of aryl methyl sites for hydroxylation is 1. The summed E-state index contributed by atoms with van der Waals surface area (Å²) in [7, 11) is 3.22. The van der Waals surface area contributed by atoms with E-state index in [2.05, 4.69) is 29.6 Å². The van der Waals surface area contributed by atoms with Crippen molar-refractivity contribution < 1.29 is 19.0 Å². The van der Waals surface area contributed by atoms with Crippen molar-refractivity contribution in [2.45, 2.75) is 18.9 Å². The third-order valence-corrected chi connectivity index (χ3v) is 6.77. The van der Waals surface area contributed by atoms with Gasteiger partial charge in [0.25, 0.3) is 0 Å². The highest BCUT2D eigenvalue weighted by atomic mass is 16.5. The Balaban J connectivity index is 1.39. The number of hydrogen-bond donors (Lipinski definition) is 1. The molecule has 0 heterocycles. The van der Waals surface area contributed by atoms with Gasteiger partial charge in [-0.05, 0) is 46.9 Å². The first-order valence-corrected chi connectivity index (χ1v) is 12.0. The normalized spacial score (nSPS) is 12.9. The van der Waals surface area contributed by atoms with Crippen molar-refractivity contribution in [3.63, 3.8) is 0 Å². The zero-order chi connectivity index (χ0) is 25.1. The highest BCUT2D eigenvalue weighted by Crippen LogP contribution is 2.44. The molecule has 1 aliphatic carbocycles. The molecule has 0 radical (unpaired) electrons. The lowest BCUT2D eigenvalue weighted by atomic mass is 9.97. The van der Waals surface area contributed by atoms with Crippen LogP contribution in [-0.2, 0) is 4.74 Å². The minimum Gasteiger partial charge on any atom is -0.497 e. The Labute approximate surface area is 211 Å². The van der Waals surface area contributed by atoms with Gasteiger partial charge in [0.1, 0.15) is 18.1 Å². The summed E-state index contributed by atoms with van der Waals surface area (Å²) in [6.07, 6.45) is -0.486. The number of benzene rings is 4. The molecule has 0 aromatic heterocycles. The lowest BCUT2D eigenvalue weighted by Crippen LogP contribution is -2.31. The van der Waals surface area contributed by atoms with E-state index in [1.807, 2.05) is 73.7 Å². The second-order valence-corrected chi connectivity index (χ2v) is 8.92. The highest BCUT2D eigenvalue weighted by Gasteiger charge is 2.29. The third-order valence-electron chi connectivity index (χ3n) is 6.77. The van der Waals surface area contributed by atoms with E-state index in [1.165, 1.54) is 22.3 Å². The molecule has 36 heavy (non-hydrogen) atoms. The van der Waals surface area contributed by atoms with Gasteiger partial charge in [0.2, 0.25) is 0 Å². The fraction of sp³-hybridized carbons (Fsp3) is 0.194. The van der Waals surface area contributed by atoms with Crippen molar-refractivity contribution in [3.8, 4) is 22.6 Å². The second-order valence-electron chi connectivity index (χ2n) is 8.92. The quantitative estimate of drug-likeness (QED) is 0.323. The number of methoxy groups -OCH3 is 2.